The van der Waals surface area contributed by atoms with E-state index in [9.17, 15) is 0 Å². The predicted molar refractivity (Wildman–Crippen MR) is 46.5 cm³/mol. The van der Waals surface area contributed by atoms with Gasteiger partial charge in [0.05, 0.1) is 6.61 Å². The Hall–Kier alpha value is -0.0800. The Morgan fingerprint density at radius 2 is 1.91 bits per heavy atom. The molecule has 0 bridgehead atoms. The van der Waals surface area contributed by atoms with E-state index in [0.717, 1.165) is 26.2 Å². The third kappa shape index (κ3) is 3.73. The van der Waals surface area contributed by atoms with Gasteiger partial charge < -0.3 is 9.64 Å². The molecule has 2 nitrogen and oxygen atoms in total. The molecule has 1 fully saturated rings. The van der Waals surface area contributed by atoms with Crippen molar-refractivity contribution in [2.75, 3.05) is 32.8 Å². The molecule has 1 heterocycles. The quantitative estimate of drug-likeness (QED) is 0.557. The van der Waals surface area contributed by atoms with Crippen LogP contribution in [0.1, 0.15) is 19.3 Å². The average molecular weight is 156 g/mol. The highest BCUT2D eigenvalue weighted by Crippen LogP contribution is 2.05. The minimum atomic E-state index is 0.813. The normalized spacial score (nSPS) is 19.4. The summed E-state index contributed by atoms with van der Waals surface area (Å²) in [7, 11) is 0. The zero-order chi connectivity index (χ0) is 7.94. The summed E-state index contributed by atoms with van der Waals surface area (Å²) in [4.78, 5) is 2.46. The zero-order valence-electron chi connectivity index (χ0n) is 7.22. The Bertz CT molecular complexity index is 89.6. The van der Waals surface area contributed by atoms with Gasteiger partial charge >= 0.3 is 0 Å². The first-order valence-electron chi connectivity index (χ1n) is 4.53. The molecule has 65 valence electrons. The number of hydrogen-bond acceptors (Lipinski definition) is 2. The first kappa shape index (κ1) is 9.01. The van der Waals surface area contributed by atoms with E-state index in [-0.39, 0.29) is 0 Å². The van der Waals surface area contributed by atoms with Crippen LogP contribution in [-0.4, -0.2) is 37.7 Å². The molecule has 0 amide bonds. The molecule has 1 saturated heterocycles. The largest absolute Gasteiger partial charge is 0.380 e. The molecule has 1 radical (unpaired) electrons. The smallest absolute Gasteiger partial charge is 0.0593 e. The Morgan fingerprint density at radius 3 is 2.55 bits per heavy atom. The molecule has 1 aliphatic heterocycles. The van der Waals surface area contributed by atoms with Crippen LogP contribution in [0.15, 0.2) is 0 Å². The Kier molecular flexibility index (Phi) is 4.55. The minimum absolute atomic E-state index is 0.813. The van der Waals surface area contributed by atoms with Gasteiger partial charge in [-0.1, -0.05) is 6.92 Å². The van der Waals surface area contributed by atoms with E-state index in [1.807, 2.05) is 0 Å². The maximum absolute atomic E-state index is 5.34. The third-order valence-electron chi connectivity index (χ3n) is 2.04. The highest BCUT2D eigenvalue weighted by atomic mass is 16.5. The first-order valence-corrected chi connectivity index (χ1v) is 4.53. The van der Waals surface area contributed by atoms with Gasteiger partial charge in [-0.3, -0.25) is 0 Å². The van der Waals surface area contributed by atoms with Gasteiger partial charge in [0.2, 0.25) is 0 Å². The molecule has 0 N–H and O–H groups in total. The van der Waals surface area contributed by atoms with Gasteiger partial charge in [-0.15, -0.1) is 0 Å². The fourth-order valence-corrected chi connectivity index (χ4v) is 1.40. The van der Waals surface area contributed by atoms with Crippen LogP contribution < -0.4 is 0 Å². The summed E-state index contributed by atoms with van der Waals surface area (Å²) in [5.74, 6) is 0. The third-order valence-corrected chi connectivity index (χ3v) is 2.04. The lowest BCUT2D eigenvalue weighted by Gasteiger charge is -2.13. The van der Waals surface area contributed by atoms with Crippen molar-refractivity contribution >= 4 is 0 Å². The average Bonchev–Trinajstić information content (AvgIpc) is 2.50. The Morgan fingerprint density at radius 1 is 1.18 bits per heavy atom. The summed E-state index contributed by atoms with van der Waals surface area (Å²) in [5, 5.41) is 0. The highest BCUT2D eigenvalue weighted by Gasteiger charge is 2.09. The molecule has 0 spiro atoms. The van der Waals surface area contributed by atoms with Gasteiger partial charge in [0.1, 0.15) is 0 Å². The van der Waals surface area contributed by atoms with Crippen LogP contribution in [0.2, 0.25) is 0 Å². The van der Waals surface area contributed by atoms with Crippen molar-refractivity contribution in [3.05, 3.63) is 6.92 Å². The molecule has 0 unspecified atom stereocenters. The van der Waals surface area contributed by atoms with Gasteiger partial charge in [-0.05, 0) is 32.4 Å². The summed E-state index contributed by atoms with van der Waals surface area (Å²) in [5.41, 5.74) is 0. The summed E-state index contributed by atoms with van der Waals surface area (Å²) in [6, 6.07) is 0. The summed E-state index contributed by atoms with van der Waals surface area (Å²) in [6.07, 6.45) is 3.63. The monoisotopic (exact) mass is 156 g/mol. The summed E-state index contributed by atoms with van der Waals surface area (Å²) >= 11 is 0. The lowest BCUT2D eigenvalue weighted by molar-refractivity contribution is 0.114. The van der Waals surface area contributed by atoms with Crippen molar-refractivity contribution in [2.24, 2.45) is 0 Å². The van der Waals surface area contributed by atoms with Gasteiger partial charge in [0, 0.05) is 13.2 Å². The second kappa shape index (κ2) is 5.56. The molecule has 11 heavy (non-hydrogen) atoms. The van der Waals surface area contributed by atoms with Crippen LogP contribution >= 0.6 is 0 Å². The molecule has 0 aromatic rings. The van der Waals surface area contributed by atoms with E-state index in [0.29, 0.717) is 0 Å². The second-order valence-electron chi connectivity index (χ2n) is 3.01. The van der Waals surface area contributed by atoms with E-state index in [2.05, 4.69) is 11.8 Å². The van der Waals surface area contributed by atoms with E-state index < -0.39 is 0 Å². The minimum Gasteiger partial charge on any atom is -0.380 e. The van der Waals surface area contributed by atoms with E-state index in [4.69, 9.17) is 4.74 Å². The molecule has 0 aromatic heterocycles. The lowest BCUT2D eigenvalue weighted by atomic mass is 10.4. The summed E-state index contributed by atoms with van der Waals surface area (Å²) in [6.45, 7) is 9.07. The standard InChI is InChI=1S/C9H18NO/c1-2-8-11-9-7-10-5-3-4-6-10/h1-9H2. The van der Waals surface area contributed by atoms with Crippen LogP contribution in [0.5, 0.6) is 0 Å². The van der Waals surface area contributed by atoms with Gasteiger partial charge in [0.25, 0.3) is 0 Å². The zero-order valence-corrected chi connectivity index (χ0v) is 7.22. The van der Waals surface area contributed by atoms with E-state index in [1.165, 1.54) is 25.9 Å². The van der Waals surface area contributed by atoms with Crippen molar-refractivity contribution in [2.45, 2.75) is 19.3 Å². The lowest BCUT2D eigenvalue weighted by Crippen LogP contribution is -2.24. The SMILES string of the molecule is [CH2]CCOCCN1CCCC1. The number of hydrogen-bond donors (Lipinski definition) is 0. The molecule has 0 aliphatic carbocycles. The molecule has 0 aromatic carbocycles. The van der Waals surface area contributed by atoms with Gasteiger partial charge in [-0.2, -0.15) is 0 Å². The van der Waals surface area contributed by atoms with E-state index in [1.54, 1.807) is 0 Å². The van der Waals surface area contributed by atoms with Crippen LogP contribution in [0.4, 0.5) is 0 Å². The molecular weight excluding hydrogens is 138 g/mol. The van der Waals surface area contributed by atoms with Crippen molar-refractivity contribution in [3.63, 3.8) is 0 Å². The van der Waals surface area contributed by atoms with E-state index >= 15 is 0 Å². The highest BCUT2D eigenvalue weighted by molar-refractivity contribution is 4.64. The molecule has 1 rings (SSSR count). The predicted octanol–water partition coefficient (Wildman–Crippen LogP) is 1.32. The van der Waals surface area contributed by atoms with Crippen molar-refractivity contribution < 1.29 is 4.74 Å². The molecular formula is C9H18NO. The molecule has 0 atom stereocenters. The molecule has 2 heteroatoms. The van der Waals surface area contributed by atoms with Crippen LogP contribution in [-0.2, 0) is 4.74 Å². The number of ether oxygens (including phenoxy) is 1. The fourth-order valence-electron chi connectivity index (χ4n) is 1.40. The maximum atomic E-state index is 5.34. The topological polar surface area (TPSA) is 12.5 Å². The Balaban J connectivity index is 1.86. The second-order valence-corrected chi connectivity index (χ2v) is 3.01. The fraction of sp³-hybridized carbons (Fsp3) is 0.889. The van der Waals surface area contributed by atoms with Crippen LogP contribution in [0, 0.1) is 6.92 Å². The molecule has 0 saturated carbocycles. The number of likely N-dealkylation sites (tertiary alicyclic amines) is 1. The summed E-state index contributed by atoms with van der Waals surface area (Å²) < 4.78 is 5.34. The maximum Gasteiger partial charge on any atom is 0.0593 e. The first-order chi connectivity index (χ1) is 5.43. The van der Waals surface area contributed by atoms with Crippen molar-refractivity contribution in [1.82, 2.24) is 4.90 Å². The Labute approximate surface area is 69.5 Å². The molecule has 1 aliphatic rings. The number of rotatable bonds is 5. The van der Waals surface area contributed by atoms with Crippen molar-refractivity contribution in [3.8, 4) is 0 Å². The number of nitrogens with zero attached hydrogens (tertiary/aromatic N) is 1. The van der Waals surface area contributed by atoms with Crippen LogP contribution in [0.25, 0.3) is 0 Å². The van der Waals surface area contributed by atoms with Gasteiger partial charge in [0.15, 0.2) is 0 Å². The van der Waals surface area contributed by atoms with Gasteiger partial charge in [-0.25, -0.2) is 0 Å². The van der Waals surface area contributed by atoms with Crippen LogP contribution in [0.3, 0.4) is 0 Å². The van der Waals surface area contributed by atoms with Crippen molar-refractivity contribution in [1.29, 1.82) is 0 Å².